The van der Waals surface area contributed by atoms with Gasteiger partial charge in [-0.1, -0.05) is 6.07 Å². The average molecular weight is 259 g/mol. The van der Waals surface area contributed by atoms with Gasteiger partial charge in [0.15, 0.2) is 0 Å². The Labute approximate surface area is 110 Å². The summed E-state index contributed by atoms with van der Waals surface area (Å²) < 4.78 is 11.2. The molecule has 0 fully saturated rings. The molecule has 2 rings (SSSR count). The second-order valence-electron chi connectivity index (χ2n) is 3.78. The van der Waals surface area contributed by atoms with Crippen LogP contribution in [0.5, 0.6) is 0 Å². The van der Waals surface area contributed by atoms with Gasteiger partial charge in [0, 0.05) is 12.4 Å². The van der Waals surface area contributed by atoms with Gasteiger partial charge in [0.05, 0.1) is 31.0 Å². The Morgan fingerprint density at radius 3 is 1.79 bits per heavy atom. The zero-order valence-electron chi connectivity index (χ0n) is 10.6. The van der Waals surface area contributed by atoms with Crippen LogP contribution in [0.4, 0.5) is 0 Å². The zero-order valence-corrected chi connectivity index (χ0v) is 10.6. The summed E-state index contributed by atoms with van der Waals surface area (Å²) in [5, 5.41) is 0. The molecule has 2 aromatic rings. The Kier molecular flexibility index (Phi) is 3.66. The maximum absolute atomic E-state index is 11.8. The second kappa shape index (κ2) is 5.39. The van der Waals surface area contributed by atoms with Crippen LogP contribution in [0.3, 0.4) is 0 Å². The summed E-state index contributed by atoms with van der Waals surface area (Å²) in [5.41, 5.74) is 1.06. The predicted molar refractivity (Wildman–Crippen MR) is 68.4 cm³/mol. The largest absolute Gasteiger partial charge is 0.465 e. The Morgan fingerprint density at radius 1 is 0.895 bits per heavy atom. The van der Waals surface area contributed by atoms with E-state index < -0.39 is 11.9 Å². The third-order valence-electron chi connectivity index (χ3n) is 2.71. The third-order valence-corrected chi connectivity index (χ3v) is 2.71. The fourth-order valence-corrected chi connectivity index (χ4v) is 1.85. The summed E-state index contributed by atoms with van der Waals surface area (Å²) in [6.07, 6.45) is 3.49. The van der Waals surface area contributed by atoms with E-state index in [9.17, 15) is 9.59 Å². The van der Waals surface area contributed by atoms with Crippen molar-refractivity contribution in [2.45, 2.75) is 0 Å². The number of ether oxygens (including phenoxy) is 2. The van der Waals surface area contributed by atoms with Crippen LogP contribution in [0.25, 0.3) is 5.69 Å². The third kappa shape index (κ3) is 2.35. The second-order valence-corrected chi connectivity index (χ2v) is 3.78. The summed E-state index contributed by atoms with van der Waals surface area (Å²) in [7, 11) is 2.60. The van der Waals surface area contributed by atoms with Crippen LogP contribution in [0, 0.1) is 0 Å². The number of rotatable bonds is 3. The molecule has 0 radical (unpaired) electrons. The Bertz CT molecular complexity index is 568. The molecule has 5 nitrogen and oxygen atoms in total. The van der Waals surface area contributed by atoms with Gasteiger partial charge in [-0.25, -0.2) is 9.59 Å². The van der Waals surface area contributed by atoms with Gasteiger partial charge in [-0.05, 0) is 24.3 Å². The van der Waals surface area contributed by atoms with Crippen LogP contribution in [-0.4, -0.2) is 30.7 Å². The molecule has 0 atom stereocenters. The Morgan fingerprint density at radius 2 is 1.37 bits per heavy atom. The first-order valence-electron chi connectivity index (χ1n) is 5.62. The minimum Gasteiger partial charge on any atom is -0.465 e. The first-order chi connectivity index (χ1) is 9.19. The topological polar surface area (TPSA) is 57.5 Å². The molecule has 0 spiro atoms. The van der Waals surface area contributed by atoms with Crippen LogP contribution in [0.1, 0.15) is 20.7 Å². The number of esters is 2. The molecule has 0 N–H and O–H groups in total. The number of hydrogen-bond donors (Lipinski definition) is 0. The molecule has 98 valence electrons. The number of methoxy groups -OCH3 is 2. The summed E-state index contributed by atoms with van der Waals surface area (Å²) in [6.45, 7) is 0. The standard InChI is InChI=1S/C14H13NO4/c1-18-13(16)10-6-5-7-11(14(17)19-2)12(10)15-8-3-4-9-15/h3-9H,1-2H3. The molecule has 0 saturated carbocycles. The molecule has 5 heteroatoms. The van der Waals surface area contributed by atoms with Crippen LogP contribution < -0.4 is 0 Å². The molecule has 0 amide bonds. The van der Waals surface area contributed by atoms with Crippen molar-refractivity contribution in [3.05, 3.63) is 53.9 Å². The smallest absolute Gasteiger partial charge is 0.340 e. The molecule has 0 unspecified atom stereocenters. The number of carbonyl (C=O) groups excluding carboxylic acids is 2. The monoisotopic (exact) mass is 259 g/mol. The Balaban J connectivity index is 2.69. The van der Waals surface area contributed by atoms with Crippen molar-refractivity contribution >= 4 is 11.9 Å². The van der Waals surface area contributed by atoms with Gasteiger partial charge in [-0.15, -0.1) is 0 Å². The SMILES string of the molecule is COC(=O)c1cccc(C(=O)OC)c1-n1cccc1. The molecule has 1 heterocycles. The highest BCUT2D eigenvalue weighted by Gasteiger charge is 2.20. The molecule has 0 aliphatic rings. The normalized spacial score (nSPS) is 10.0. The maximum Gasteiger partial charge on any atom is 0.340 e. The van der Waals surface area contributed by atoms with Gasteiger partial charge in [-0.3, -0.25) is 0 Å². The quantitative estimate of drug-likeness (QED) is 0.791. The van der Waals surface area contributed by atoms with Crippen molar-refractivity contribution in [1.82, 2.24) is 4.57 Å². The van der Waals surface area contributed by atoms with E-state index in [0.29, 0.717) is 16.8 Å². The van der Waals surface area contributed by atoms with Gasteiger partial charge in [0.25, 0.3) is 0 Å². The van der Waals surface area contributed by atoms with Crippen molar-refractivity contribution < 1.29 is 19.1 Å². The maximum atomic E-state index is 11.8. The first kappa shape index (κ1) is 12.9. The first-order valence-corrected chi connectivity index (χ1v) is 5.62. The van der Waals surface area contributed by atoms with E-state index in [1.165, 1.54) is 14.2 Å². The lowest BCUT2D eigenvalue weighted by Gasteiger charge is -2.13. The molecule has 19 heavy (non-hydrogen) atoms. The number of hydrogen-bond acceptors (Lipinski definition) is 4. The highest BCUT2D eigenvalue weighted by atomic mass is 16.5. The van der Waals surface area contributed by atoms with E-state index in [1.807, 2.05) is 0 Å². The summed E-state index contributed by atoms with van der Waals surface area (Å²) in [4.78, 5) is 23.6. The fraction of sp³-hybridized carbons (Fsp3) is 0.143. The van der Waals surface area contributed by atoms with Gasteiger partial charge < -0.3 is 14.0 Å². The van der Waals surface area contributed by atoms with Gasteiger partial charge in [-0.2, -0.15) is 0 Å². The van der Waals surface area contributed by atoms with Gasteiger partial charge in [0.1, 0.15) is 0 Å². The lowest BCUT2D eigenvalue weighted by molar-refractivity contribution is 0.0599. The predicted octanol–water partition coefficient (Wildman–Crippen LogP) is 2.05. The van der Waals surface area contributed by atoms with Crippen molar-refractivity contribution in [3.8, 4) is 5.69 Å². The van der Waals surface area contributed by atoms with Gasteiger partial charge >= 0.3 is 11.9 Å². The molecule has 0 saturated heterocycles. The van der Waals surface area contributed by atoms with E-state index in [2.05, 4.69) is 0 Å². The van der Waals surface area contributed by atoms with Crippen LogP contribution >= 0.6 is 0 Å². The van der Waals surface area contributed by atoms with E-state index in [0.717, 1.165) is 0 Å². The molecular formula is C14H13NO4. The van der Waals surface area contributed by atoms with Crippen molar-refractivity contribution in [2.24, 2.45) is 0 Å². The van der Waals surface area contributed by atoms with Crippen molar-refractivity contribution in [3.63, 3.8) is 0 Å². The minimum absolute atomic E-state index is 0.307. The highest BCUT2D eigenvalue weighted by molar-refractivity contribution is 6.01. The average Bonchev–Trinajstić information content (AvgIpc) is 2.98. The van der Waals surface area contributed by atoms with E-state index in [1.54, 1.807) is 47.3 Å². The van der Waals surface area contributed by atoms with Crippen molar-refractivity contribution in [1.29, 1.82) is 0 Å². The molecule has 1 aromatic carbocycles. The highest BCUT2D eigenvalue weighted by Crippen LogP contribution is 2.22. The zero-order chi connectivity index (χ0) is 13.8. The molecule has 0 bridgehead atoms. The number of para-hydroxylation sites is 1. The Hall–Kier alpha value is -2.56. The molecule has 1 aromatic heterocycles. The lowest BCUT2D eigenvalue weighted by atomic mass is 10.1. The molecular weight excluding hydrogens is 246 g/mol. The lowest BCUT2D eigenvalue weighted by Crippen LogP contribution is -2.13. The summed E-state index contributed by atoms with van der Waals surface area (Å²) in [5.74, 6) is -1.01. The molecule has 0 aliphatic carbocycles. The van der Waals surface area contributed by atoms with Crippen molar-refractivity contribution in [2.75, 3.05) is 14.2 Å². The summed E-state index contributed by atoms with van der Waals surface area (Å²) in [6, 6.07) is 8.43. The molecule has 0 aliphatic heterocycles. The van der Waals surface area contributed by atoms with Crippen LogP contribution in [0.15, 0.2) is 42.7 Å². The number of nitrogens with zero attached hydrogens (tertiary/aromatic N) is 1. The number of benzene rings is 1. The van der Waals surface area contributed by atoms with Crippen LogP contribution in [0.2, 0.25) is 0 Å². The number of aromatic nitrogens is 1. The van der Waals surface area contributed by atoms with Gasteiger partial charge in [0.2, 0.25) is 0 Å². The number of carbonyl (C=O) groups is 2. The van der Waals surface area contributed by atoms with E-state index >= 15 is 0 Å². The minimum atomic E-state index is -0.505. The van der Waals surface area contributed by atoms with E-state index in [-0.39, 0.29) is 0 Å². The van der Waals surface area contributed by atoms with E-state index in [4.69, 9.17) is 9.47 Å². The van der Waals surface area contributed by atoms with Crippen LogP contribution in [-0.2, 0) is 9.47 Å². The fourth-order valence-electron chi connectivity index (χ4n) is 1.85. The summed E-state index contributed by atoms with van der Waals surface area (Å²) >= 11 is 0.